The van der Waals surface area contributed by atoms with E-state index in [9.17, 15) is 13.6 Å². The molecule has 0 radical (unpaired) electrons. The molecular weight excluding hydrogens is 430 g/mol. The van der Waals surface area contributed by atoms with Crippen LogP contribution in [0.4, 0.5) is 8.78 Å². The van der Waals surface area contributed by atoms with Gasteiger partial charge in [-0.3, -0.25) is 0 Å². The van der Waals surface area contributed by atoms with Gasteiger partial charge >= 0.3 is 5.97 Å². The minimum atomic E-state index is -1.09. The van der Waals surface area contributed by atoms with Gasteiger partial charge in [-0.05, 0) is 59.2 Å². The first-order chi connectivity index (χ1) is 14.4. The van der Waals surface area contributed by atoms with Crippen molar-refractivity contribution in [1.82, 2.24) is 0 Å². The SMILES string of the molecule is O=C(O)COc1ccc(SCC=C(c2cccc(F)c2)c2cccc(F)c2)cc1Cl. The highest BCUT2D eigenvalue weighted by Gasteiger charge is 2.09. The molecule has 0 unspecified atom stereocenters. The van der Waals surface area contributed by atoms with E-state index >= 15 is 0 Å². The first-order valence-corrected chi connectivity index (χ1v) is 10.3. The number of carbonyl (C=O) groups is 1. The van der Waals surface area contributed by atoms with E-state index in [1.807, 2.05) is 6.08 Å². The number of aliphatic carboxylic acids is 1. The predicted octanol–water partition coefficient (Wildman–Crippen LogP) is 6.31. The number of rotatable bonds is 8. The Morgan fingerprint density at radius 3 is 2.17 bits per heavy atom. The summed E-state index contributed by atoms with van der Waals surface area (Å²) in [5.41, 5.74) is 2.02. The van der Waals surface area contributed by atoms with E-state index in [1.165, 1.54) is 36.0 Å². The summed E-state index contributed by atoms with van der Waals surface area (Å²) in [4.78, 5) is 11.5. The molecule has 1 N–H and O–H groups in total. The number of carboxylic acid groups (broad SMARTS) is 1. The van der Waals surface area contributed by atoms with Gasteiger partial charge in [-0.2, -0.15) is 0 Å². The van der Waals surface area contributed by atoms with Crippen LogP contribution in [-0.2, 0) is 4.79 Å². The summed E-state index contributed by atoms with van der Waals surface area (Å²) in [5, 5.41) is 8.99. The van der Waals surface area contributed by atoms with Gasteiger partial charge in [0.05, 0.1) is 5.02 Å². The number of benzene rings is 3. The van der Waals surface area contributed by atoms with E-state index in [4.69, 9.17) is 21.4 Å². The lowest BCUT2D eigenvalue weighted by molar-refractivity contribution is -0.139. The summed E-state index contributed by atoms with van der Waals surface area (Å²) in [6.07, 6.45) is 1.90. The number of thioether (sulfide) groups is 1. The fourth-order valence-corrected chi connectivity index (χ4v) is 3.87. The molecule has 30 heavy (non-hydrogen) atoms. The molecule has 0 saturated heterocycles. The van der Waals surface area contributed by atoms with Crippen molar-refractivity contribution in [1.29, 1.82) is 0 Å². The van der Waals surface area contributed by atoms with Crippen LogP contribution in [0.5, 0.6) is 5.75 Å². The van der Waals surface area contributed by atoms with Crippen LogP contribution in [0.1, 0.15) is 11.1 Å². The molecule has 0 aliphatic rings. The van der Waals surface area contributed by atoms with Crippen molar-refractivity contribution >= 4 is 34.9 Å². The molecule has 3 rings (SSSR count). The van der Waals surface area contributed by atoms with Crippen molar-refractivity contribution < 1.29 is 23.4 Å². The van der Waals surface area contributed by atoms with Gasteiger partial charge in [0, 0.05) is 10.6 Å². The van der Waals surface area contributed by atoms with E-state index in [-0.39, 0.29) is 11.6 Å². The summed E-state index contributed by atoms with van der Waals surface area (Å²) in [5.74, 6) is -1.01. The van der Waals surface area contributed by atoms with Crippen LogP contribution < -0.4 is 4.74 Å². The largest absolute Gasteiger partial charge is 0.480 e. The van der Waals surface area contributed by atoms with E-state index in [2.05, 4.69) is 0 Å². The highest BCUT2D eigenvalue weighted by atomic mass is 35.5. The highest BCUT2D eigenvalue weighted by Crippen LogP contribution is 2.31. The molecule has 0 fully saturated rings. The monoisotopic (exact) mass is 446 g/mol. The Morgan fingerprint density at radius 2 is 1.63 bits per heavy atom. The molecule has 0 heterocycles. The highest BCUT2D eigenvalue weighted by molar-refractivity contribution is 7.99. The van der Waals surface area contributed by atoms with Crippen molar-refractivity contribution in [3.05, 3.63) is 101 Å². The van der Waals surface area contributed by atoms with E-state index < -0.39 is 12.6 Å². The lowest BCUT2D eigenvalue weighted by Crippen LogP contribution is -2.09. The molecule has 3 nitrogen and oxygen atoms in total. The molecule has 0 saturated carbocycles. The van der Waals surface area contributed by atoms with Crippen molar-refractivity contribution in [3.8, 4) is 5.75 Å². The third-order valence-electron chi connectivity index (χ3n) is 4.06. The minimum Gasteiger partial charge on any atom is -0.480 e. The van der Waals surface area contributed by atoms with Crippen molar-refractivity contribution in [3.63, 3.8) is 0 Å². The number of halogens is 3. The molecule has 7 heteroatoms. The van der Waals surface area contributed by atoms with Gasteiger partial charge in [0.15, 0.2) is 6.61 Å². The number of hydrogen-bond acceptors (Lipinski definition) is 3. The number of carboxylic acids is 1. The zero-order valence-corrected chi connectivity index (χ0v) is 17.2. The Labute approximate surface area is 182 Å². The van der Waals surface area contributed by atoms with E-state index in [1.54, 1.807) is 42.5 Å². The van der Waals surface area contributed by atoms with Gasteiger partial charge in [0.2, 0.25) is 0 Å². The van der Waals surface area contributed by atoms with Crippen LogP contribution in [0.25, 0.3) is 5.57 Å². The summed E-state index contributed by atoms with van der Waals surface area (Å²) >= 11 is 7.62. The van der Waals surface area contributed by atoms with Crippen molar-refractivity contribution in [2.45, 2.75) is 4.90 Å². The summed E-state index contributed by atoms with van der Waals surface area (Å²) in [7, 11) is 0. The van der Waals surface area contributed by atoms with Crippen LogP contribution in [0.2, 0.25) is 5.02 Å². The average molecular weight is 447 g/mol. The number of hydrogen-bond donors (Lipinski definition) is 1. The summed E-state index contributed by atoms with van der Waals surface area (Å²) in [6, 6.07) is 17.4. The lowest BCUT2D eigenvalue weighted by atomic mass is 9.97. The van der Waals surface area contributed by atoms with Gasteiger partial charge in [0.1, 0.15) is 17.4 Å². The molecule has 0 aliphatic carbocycles. The maximum absolute atomic E-state index is 13.7. The normalized spacial score (nSPS) is 10.5. The topological polar surface area (TPSA) is 46.5 Å². The number of ether oxygens (including phenoxy) is 1. The maximum Gasteiger partial charge on any atom is 0.341 e. The summed E-state index contributed by atoms with van der Waals surface area (Å²) in [6.45, 7) is -0.473. The maximum atomic E-state index is 13.7. The average Bonchev–Trinajstić information content (AvgIpc) is 2.70. The standard InChI is InChI=1S/C23H17ClF2O3S/c24-21-13-19(7-8-22(21)29-14-23(27)28)30-10-9-20(15-3-1-5-17(25)11-15)16-4-2-6-18(26)12-16/h1-9,11-13H,10,14H2,(H,27,28). The Kier molecular flexibility index (Phi) is 7.49. The Balaban J connectivity index is 1.79. The molecule has 0 atom stereocenters. The first-order valence-electron chi connectivity index (χ1n) is 8.91. The smallest absolute Gasteiger partial charge is 0.341 e. The van der Waals surface area contributed by atoms with Crippen molar-refractivity contribution in [2.24, 2.45) is 0 Å². The van der Waals surface area contributed by atoms with Crippen LogP contribution in [0.15, 0.2) is 77.7 Å². The van der Waals surface area contributed by atoms with E-state index in [0.717, 1.165) is 4.90 Å². The van der Waals surface area contributed by atoms with Crippen molar-refractivity contribution in [2.75, 3.05) is 12.4 Å². The van der Waals surface area contributed by atoms with E-state index in [0.29, 0.717) is 33.2 Å². The second kappa shape index (κ2) is 10.3. The predicted molar refractivity (Wildman–Crippen MR) is 115 cm³/mol. The van der Waals surface area contributed by atoms with Gasteiger partial charge in [0.25, 0.3) is 0 Å². The van der Waals surface area contributed by atoms with Gasteiger partial charge < -0.3 is 9.84 Å². The third-order valence-corrected chi connectivity index (χ3v) is 5.28. The van der Waals surface area contributed by atoms with Gasteiger partial charge in [-0.1, -0.05) is 41.9 Å². The molecule has 154 valence electrons. The molecule has 0 aliphatic heterocycles. The molecule has 0 aromatic heterocycles. The van der Waals surface area contributed by atoms with Crippen LogP contribution >= 0.6 is 23.4 Å². The van der Waals surface area contributed by atoms with Gasteiger partial charge in [-0.25, -0.2) is 13.6 Å². The molecule has 0 spiro atoms. The lowest BCUT2D eigenvalue weighted by Gasteiger charge is -2.10. The molecule has 0 bridgehead atoms. The Morgan fingerprint density at radius 1 is 1.00 bits per heavy atom. The fourth-order valence-electron chi connectivity index (χ4n) is 2.76. The molecular formula is C23H17ClF2O3S. The van der Waals surface area contributed by atoms with Crippen LogP contribution in [-0.4, -0.2) is 23.4 Å². The molecule has 3 aromatic carbocycles. The molecule has 0 amide bonds. The summed E-state index contributed by atoms with van der Waals surface area (Å²) < 4.78 is 32.6. The third kappa shape index (κ3) is 6.08. The second-order valence-corrected chi connectivity index (χ2v) is 7.72. The Hall–Kier alpha value is -2.83. The Bertz CT molecular complexity index is 1040. The fraction of sp³-hybridized carbons (Fsp3) is 0.0870. The van der Waals surface area contributed by atoms with Crippen LogP contribution in [0.3, 0.4) is 0 Å². The quantitative estimate of drug-likeness (QED) is 0.412. The first kappa shape index (κ1) is 21.9. The zero-order valence-electron chi connectivity index (χ0n) is 15.6. The minimum absolute atomic E-state index is 0.291. The van der Waals surface area contributed by atoms with Gasteiger partial charge in [-0.15, -0.1) is 11.8 Å². The zero-order chi connectivity index (χ0) is 21.5. The van der Waals surface area contributed by atoms with Crippen LogP contribution in [0, 0.1) is 11.6 Å². The molecule has 3 aromatic rings. The second-order valence-electron chi connectivity index (χ2n) is 6.22.